The maximum absolute atomic E-state index is 11.6. The Balaban J connectivity index is 1.96. The Kier molecular flexibility index (Phi) is 3.87. The molecule has 0 aliphatic rings. The van der Waals surface area contributed by atoms with Crippen LogP contribution in [0.1, 0.15) is 21.7 Å². The van der Waals surface area contributed by atoms with Gasteiger partial charge in [0.1, 0.15) is 11.4 Å². The number of nitrogens with one attached hydrogen (secondary N) is 1. The van der Waals surface area contributed by atoms with E-state index in [1.165, 1.54) is 6.21 Å². The summed E-state index contributed by atoms with van der Waals surface area (Å²) in [6.07, 6.45) is 1.51. The van der Waals surface area contributed by atoms with Crippen LogP contribution in [0.25, 0.3) is 0 Å². The van der Waals surface area contributed by atoms with Crippen molar-refractivity contribution in [3.05, 3.63) is 41.2 Å². The van der Waals surface area contributed by atoms with Crippen LogP contribution in [0.4, 0.5) is 0 Å². The van der Waals surface area contributed by atoms with E-state index in [0.717, 1.165) is 11.3 Å². The average molecular weight is 260 g/mol. The molecule has 0 bridgehead atoms. The molecule has 0 aliphatic heterocycles. The third-order valence-corrected chi connectivity index (χ3v) is 2.36. The molecule has 0 spiro atoms. The van der Waals surface area contributed by atoms with Gasteiger partial charge in [0.15, 0.2) is 5.69 Å². The zero-order valence-electron chi connectivity index (χ0n) is 10.5. The van der Waals surface area contributed by atoms with Crippen LogP contribution in [0, 0.1) is 6.92 Å². The van der Waals surface area contributed by atoms with Gasteiger partial charge in [0.05, 0.1) is 13.3 Å². The van der Waals surface area contributed by atoms with Gasteiger partial charge in [-0.3, -0.25) is 4.79 Å². The molecule has 1 N–H and O–H groups in total. The summed E-state index contributed by atoms with van der Waals surface area (Å²) in [5.41, 5.74) is 3.70. The van der Waals surface area contributed by atoms with Crippen molar-refractivity contribution < 1.29 is 14.2 Å². The number of aryl methyl sites for hydroxylation is 1. The van der Waals surface area contributed by atoms with Crippen LogP contribution < -0.4 is 10.2 Å². The van der Waals surface area contributed by atoms with Crippen LogP contribution in [-0.4, -0.2) is 29.5 Å². The van der Waals surface area contributed by atoms with E-state index in [-0.39, 0.29) is 5.69 Å². The maximum atomic E-state index is 11.6. The van der Waals surface area contributed by atoms with Crippen molar-refractivity contribution in [1.29, 1.82) is 0 Å². The second-order valence-corrected chi connectivity index (χ2v) is 3.67. The molecule has 98 valence electrons. The van der Waals surface area contributed by atoms with E-state index in [1.807, 2.05) is 12.1 Å². The SMILES string of the molecule is COc1ccc(/C=N/NC(=O)c2nonc2C)cc1. The smallest absolute Gasteiger partial charge is 0.295 e. The van der Waals surface area contributed by atoms with Crippen molar-refractivity contribution in [2.45, 2.75) is 6.92 Å². The van der Waals surface area contributed by atoms with Gasteiger partial charge in [0, 0.05) is 0 Å². The number of carbonyl (C=O) groups is 1. The van der Waals surface area contributed by atoms with Gasteiger partial charge in [-0.2, -0.15) is 5.10 Å². The normalized spacial score (nSPS) is 10.6. The fourth-order valence-electron chi connectivity index (χ4n) is 1.35. The first-order valence-electron chi connectivity index (χ1n) is 5.47. The number of carbonyl (C=O) groups excluding carboxylic acids is 1. The van der Waals surface area contributed by atoms with Crippen molar-refractivity contribution in [2.24, 2.45) is 5.10 Å². The highest BCUT2D eigenvalue weighted by Gasteiger charge is 2.13. The second-order valence-electron chi connectivity index (χ2n) is 3.67. The molecule has 0 unspecified atom stereocenters. The predicted molar refractivity (Wildman–Crippen MR) is 67.1 cm³/mol. The summed E-state index contributed by atoms with van der Waals surface area (Å²) in [4.78, 5) is 11.6. The molecule has 0 saturated heterocycles. The molecule has 1 heterocycles. The molecule has 19 heavy (non-hydrogen) atoms. The lowest BCUT2D eigenvalue weighted by molar-refractivity contribution is 0.0945. The summed E-state index contributed by atoms with van der Waals surface area (Å²) < 4.78 is 9.46. The van der Waals surface area contributed by atoms with Crippen molar-refractivity contribution >= 4 is 12.1 Å². The Morgan fingerprint density at radius 2 is 2.11 bits per heavy atom. The minimum absolute atomic E-state index is 0.117. The van der Waals surface area contributed by atoms with Crippen molar-refractivity contribution in [1.82, 2.24) is 15.7 Å². The quantitative estimate of drug-likeness (QED) is 0.658. The number of amides is 1. The van der Waals surface area contributed by atoms with E-state index in [2.05, 4.69) is 25.5 Å². The van der Waals surface area contributed by atoms with Crippen LogP contribution in [-0.2, 0) is 0 Å². The number of hydrogen-bond donors (Lipinski definition) is 1. The Morgan fingerprint density at radius 1 is 1.37 bits per heavy atom. The summed E-state index contributed by atoms with van der Waals surface area (Å²) in [5, 5.41) is 10.8. The van der Waals surface area contributed by atoms with Crippen LogP contribution in [0.3, 0.4) is 0 Å². The number of hydrogen-bond acceptors (Lipinski definition) is 6. The lowest BCUT2D eigenvalue weighted by atomic mass is 10.2. The fraction of sp³-hybridized carbons (Fsp3) is 0.167. The molecule has 0 radical (unpaired) electrons. The molecule has 7 nitrogen and oxygen atoms in total. The standard InChI is InChI=1S/C12H12N4O3/c1-8-11(16-19-15-8)12(17)14-13-7-9-3-5-10(18-2)6-4-9/h3-7H,1-2H3,(H,14,17)/b13-7+. The number of aromatic nitrogens is 2. The van der Waals surface area contributed by atoms with E-state index in [0.29, 0.717) is 5.69 Å². The van der Waals surface area contributed by atoms with Gasteiger partial charge in [-0.05, 0) is 41.9 Å². The van der Waals surface area contributed by atoms with E-state index >= 15 is 0 Å². The summed E-state index contributed by atoms with van der Waals surface area (Å²) in [5.74, 6) is 0.286. The predicted octanol–water partition coefficient (Wildman–Crippen LogP) is 1.15. The Hall–Kier alpha value is -2.70. The monoisotopic (exact) mass is 260 g/mol. The first-order chi connectivity index (χ1) is 9.20. The number of hydrazone groups is 1. The average Bonchev–Trinajstić information content (AvgIpc) is 2.86. The second kappa shape index (κ2) is 5.76. The van der Waals surface area contributed by atoms with E-state index in [4.69, 9.17) is 4.74 Å². The minimum atomic E-state index is -0.469. The first kappa shape index (κ1) is 12.7. The van der Waals surface area contributed by atoms with Gasteiger partial charge < -0.3 is 4.74 Å². The summed E-state index contributed by atoms with van der Waals surface area (Å²) >= 11 is 0. The van der Waals surface area contributed by atoms with Gasteiger partial charge in [-0.1, -0.05) is 5.16 Å². The molecule has 0 saturated carbocycles. The molecule has 7 heteroatoms. The van der Waals surface area contributed by atoms with Gasteiger partial charge in [-0.25, -0.2) is 10.1 Å². The van der Waals surface area contributed by atoms with E-state index < -0.39 is 5.91 Å². The molecule has 0 atom stereocenters. The van der Waals surface area contributed by atoms with E-state index in [1.54, 1.807) is 26.2 Å². The number of benzene rings is 1. The van der Waals surface area contributed by atoms with Crippen LogP contribution in [0.15, 0.2) is 34.0 Å². The number of ether oxygens (including phenoxy) is 1. The molecule has 1 amide bonds. The molecule has 1 aromatic heterocycles. The largest absolute Gasteiger partial charge is 0.497 e. The summed E-state index contributed by atoms with van der Waals surface area (Å²) in [6.45, 7) is 1.62. The lowest BCUT2D eigenvalue weighted by Crippen LogP contribution is -2.19. The molecule has 2 rings (SSSR count). The zero-order valence-corrected chi connectivity index (χ0v) is 10.5. The van der Waals surface area contributed by atoms with Crippen LogP contribution in [0.2, 0.25) is 0 Å². The fourth-order valence-corrected chi connectivity index (χ4v) is 1.35. The molecule has 1 aromatic carbocycles. The topological polar surface area (TPSA) is 89.6 Å². The van der Waals surface area contributed by atoms with Gasteiger partial charge in [0.25, 0.3) is 5.91 Å². The van der Waals surface area contributed by atoms with E-state index in [9.17, 15) is 4.79 Å². The third-order valence-electron chi connectivity index (χ3n) is 2.36. The molecular weight excluding hydrogens is 248 g/mol. The molecule has 0 aliphatic carbocycles. The lowest BCUT2D eigenvalue weighted by Gasteiger charge is -1.99. The Morgan fingerprint density at radius 3 is 2.68 bits per heavy atom. The number of methoxy groups -OCH3 is 1. The minimum Gasteiger partial charge on any atom is -0.497 e. The van der Waals surface area contributed by atoms with Gasteiger partial charge in [-0.15, -0.1) is 0 Å². The summed E-state index contributed by atoms with van der Waals surface area (Å²) in [6, 6.07) is 7.23. The van der Waals surface area contributed by atoms with Crippen molar-refractivity contribution in [2.75, 3.05) is 7.11 Å². The van der Waals surface area contributed by atoms with Gasteiger partial charge in [0.2, 0.25) is 0 Å². The Labute approximate surface area is 109 Å². The maximum Gasteiger partial charge on any atom is 0.295 e. The van der Waals surface area contributed by atoms with Gasteiger partial charge >= 0.3 is 0 Å². The Bertz CT molecular complexity index is 589. The van der Waals surface area contributed by atoms with Crippen molar-refractivity contribution in [3.8, 4) is 5.75 Å². The van der Waals surface area contributed by atoms with Crippen LogP contribution in [0.5, 0.6) is 5.75 Å². The molecule has 0 fully saturated rings. The number of rotatable bonds is 4. The number of nitrogens with zero attached hydrogens (tertiary/aromatic N) is 3. The highest BCUT2D eigenvalue weighted by Crippen LogP contribution is 2.09. The highest BCUT2D eigenvalue weighted by atomic mass is 16.6. The highest BCUT2D eigenvalue weighted by molar-refractivity contribution is 5.93. The molecular formula is C12H12N4O3. The van der Waals surface area contributed by atoms with Crippen molar-refractivity contribution in [3.63, 3.8) is 0 Å². The zero-order chi connectivity index (χ0) is 13.7. The molecule has 2 aromatic rings. The third kappa shape index (κ3) is 3.15. The first-order valence-corrected chi connectivity index (χ1v) is 5.47. The summed E-state index contributed by atoms with van der Waals surface area (Å²) in [7, 11) is 1.59. The van der Waals surface area contributed by atoms with Crippen LogP contribution >= 0.6 is 0 Å².